The van der Waals surface area contributed by atoms with Gasteiger partial charge in [0.25, 0.3) is 0 Å². The topological polar surface area (TPSA) is 76.0 Å². The third-order valence-corrected chi connectivity index (χ3v) is 4.71. The molecule has 0 aliphatic carbocycles. The molecular weight excluding hydrogens is 388 g/mol. The Bertz CT molecular complexity index is 1040. The van der Waals surface area contributed by atoms with E-state index in [4.69, 9.17) is 5.10 Å². The maximum absolute atomic E-state index is 12.2. The number of rotatable bonds is 9. The molecule has 0 fully saturated rings. The van der Waals surface area contributed by atoms with Gasteiger partial charge in [-0.1, -0.05) is 67.1 Å². The fraction of sp³-hybridized carbons (Fsp3) is 0.240. The molecule has 0 radical (unpaired) electrons. The molecule has 2 aromatic carbocycles. The number of aromatic nitrogens is 2. The molecule has 0 atom stereocenters. The van der Waals surface area contributed by atoms with Crippen molar-refractivity contribution >= 4 is 17.9 Å². The summed E-state index contributed by atoms with van der Waals surface area (Å²) in [6, 6.07) is 18.2. The van der Waals surface area contributed by atoms with Crippen molar-refractivity contribution < 1.29 is 9.59 Å². The van der Waals surface area contributed by atoms with Crippen LogP contribution in [0.3, 0.4) is 0 Å². The molecule has 1 aromatic heterocycles. The van der Waals surface area contributed by atoms with Crippen LogP contribution in [-0.2, 0) is 16.1 Å². The summed E-state index contributed by atoms with van der Waals surface area (Å²) < 4.78 is 1.88. The van der Waals surface area contributed by atoms with Crippen molar-refractivity contribution in [3.8, 4) is 11.3 Å². The van der Waals surface area contributed by atoms with Crippen LogP contribution in [0, 0.1) is 6.92 Å². The zero-order chi connectivity index (χ0) is 22.1. The van der Waals surface area contributed by atoms with Gasteiger partial charge in [0.2, 0.25) is 11.8 Å². The van der Waals surface area contributed by atoms with E-state index >= 15 is 0 Å². The second kappa shape index (κ2) is 10.9. The summed E-state index contributed by atoms with van der Waals surface area (Å²) in [4.78, 5) is 23.8. The van der Waals surface area contributed by atoms with E-state index in [1.165, 1.54) is 11.6 Å². The minimum atomic E-state index is -0.322. The van der Waals surface area contributed by atoms with E-state index in [2.05, 4.69) is 41.8 Å². The number of nitrogens with zero attached hydrogens (tertiary/aromatic N) is 2. The highest BCUT2D eigenvalue weighted by molar-refractivity contribution is 5.95. The summed E-state index contributed by atoms with van der Waals surface area (Å²) >= 11 is 0. The molecule has 31 heavy (non-hydrogen) atoms. The van der Waals surface area contributed by atoms with Crippen LogP contribution in [0.5, 0.6) is 0 Å². The Morgan fingerprint density at radius 2 is 1.77 bits per heavy atom. The summed E-state index contributed by atoms with van der Waals surface area (Å²) in [5.74, 6) is -0.517. The van der Waals surface area contributed by atoms with Crippen LogP contribution >= 0.6 is 0 Å². The average Bonchev–Trinajstić information content (AvgIpc) is 3.19. The van der Waals surface area contributed by atoms with Crippen LogP contribution in [0.15, 0.2) is 66.9 Å². The van der Waals surface area contributed by atoms with Gasteiger partial charge in [-0.25, -0.2) is 0 Å². The van der Waals surface area contributed by atoms with Crippen molar-refractivity contribution in [1.82, 2.24) is 20.4 Å². The fourth-order valence-corrected chi connectivity index (χ4v) is 3.06. The van der Waals surface area contributed by atoms with Crippen molar-refractivity contribution in [1.29, 1.82) is 0 Å². The van der Waals surface area contributed by atoms with Crippen LogP contribution in [0.2, 0.25) is 0 Å². The van der Waals surface area contributed by atoms with Crippen molar-refractivity contribution in [3.05, 3.63) is 83.6 Å². The molecule has 3 aromatic rings. The lowest BCUT2D eigenvalue weighted by Crippen LogP contribution is -2.36. The molecule has 160 valence electrons. The lowest BCUT2D eigenvalue weighted by molar-refractivity contribution is -0.123. The number of hydrogen-bond acceptors (Lipinski definition) is 3. The van der Waals surface area contributed by atoms with Gasteiger partial charge in [0.1, 0.15) is 0 Å². The number of carbonyl (C=O) groups is 2. The molecule has 2 N–H and O–H groups in total. The van der Waals surface area contributed by atoms with Crippen LogP contribution in [0.4, 0.5) is 0 Å². The van der Waals surface area contributed by atoms with Gasteiger partial charge in [-0.2, -0.15) is 5.10 Å². The largest absolute Gasteiger partial charge is 0.355 e. The molecule has 6 heteroatoms. The van der Waals surface area contributed by atoms with E-state index in [1.807, 2.05) is 48.1 Å². The monoisotopic (exact) mass is 416 g/mol. The Morgan fingerprint density at radius 3 is 2.48 bits per heavy atom. The van der Waals surface area contributed by atoms with Gasteiger partial charge >= 0.3 is 0 Å². The molecule has 0 bridgehead atoms. The van der Waals surface area contributed by atoms with E-state index in [-0.39, 0.29) is 18.4 Å². The van der Waals surface area contributed by atoms with Crippen molar-refractivity contribution in [2.75, 3.05) is 13.1 Å². The Hall–Kier alpha value is -3.67. The van der Waals surface area contributed by atoms with Gasteiger partial charge in [-0.15, -0.1) is 0 Å². The standard InChI is InChI=1S/C25H28N4O2/c1-3-15-26-24(31)16-27-23(30)14-13-22-18-29(17-20-11-9-19(2)10-12-20)28-25(22)21-7-5-4-6-8-21/h4-14,18H,3,15-17H2,1-2H3,(H,26,31)(H,27,30)/b14-13+. The second-order valence-electron chi connectivity index (χ2n) is 7.38. The van der Waals surface area contributed by atoms with Crippen LogP contribution < -0.4 is 10.6 Å². The van der Waals surface area contributed by atoms with Crippen LogP contribution in [-0.4, -0.2) is 34.7 Å². The smallest absolute Gasteiger partial charge is 0.244 e. The quantitative estimate of drug-likeness (QED) is 0.524. The van der Waals surface area contributed by atoms with Gasteiger partial charge < -0.3 is 10.6 Å². The van der Waals surface area contributed by atoms with Crippen molar-refractivity contribution in [3.63, 3.8) is 0 Å². The SMILES string of the molecule is CCCNC(=O)CNC(=O)/C=C/c1cn(Cc2ccc(C)cc2)nc1-c1ccccc1. The van der Waals surface area contributed by atoms with E-state index < -0.39 is 0 Å². The Labute approximate surface area is 183 Å². The molecule has 0 unspecified atom stereocenters. The maximum atomic E-state index is 12.2. The van der Waals surface area contributed by atoms with Gasteiger partial charge in [0, 0.05) is 29.9 Å². The minimum Gasteiger partial charge on any atom is -0.355 e. The number of carbonyl (C=O) groups excluding carboxylic acids is 2. The molecule has 0 saturated heterocycles. The number of amides is 2. The van der Waals surface area contributed by atoms with Crippen molar-refractivity contribution in [2.24, 2.45) is 0 Å². The molecule has 0 saturated carbocycles. The lowest BCUT2D eigenvalue weighted by atomic mass is 10.1. The Balaban J connectivity index is 1.75. The van der Waals surface area contributed by atoms with Crippen molar-refractivity contribution in [2.45, 2.75) is 26.8 Å². The highest BCUT2D eigenvalue weighted by Crippen LogP contribution is 2.23. The van der Waals surface area contributed by atoms with E-state index in [1.54, 1.807) is 6.08 Å². The zero-order valence-electron chi connectivity index (χ0n) is 18.0. The molecule has 0 aliphatic heterocycles. The molecule has 3 rings (SSSR count). The van der Waals surface area contributed by atoms with E-state index in [0.29, 0.717) is 13.1 Å². The summed E-state index contributed by atoms with van der Waals surface area (Å²) in [5, 5.41) is 10.1. The lowest BCUT2D eigenvalue weighted by Gasteiger charge is -2.03. The predicted octanol–water partition coefficient (Wildman–Crippen LogP) is 3.56. The first kappa shape index (κ1) is 22.0. The highest BCUT2D eigenvalue weighted by Gasteiger charge is 2.10. The first-order valence-corrected chi connectivity index (χ1v) is 10.5. The van der Waals surface area contributed by atoms with E-state index in [0.717, 1.165) is 28.8 Å². The number of nitrogens with one attached hydrogen (secondary N) is 2. The fourth-order valence-electron chi connectivity index (χ4n) is 3.06. The normalized spacial score (nSPS) is 10.9. The number of aryl methyl sites for hydroxylation is 1. The van der Waals surface area contributed by atoms with Gasteiger partial charge in [-0.05, 0) is 25.0 Å². The average molecular weight is 417 g/mol. The summed E-state index contributed by atoms with van der Waals surface area (Å²) in [6.07, 6.45) is 5.96. The summed E-state index contributed by atoms with van der Waals surface area (Å²) in [5.41, 5.74) is 4.98. The van der Waals surface area contributed by atoms with E-state index in [9.17, 15) is 9.59 Å². The Kier molecular flexibility index (Phi) is 7.76. The number of hydrogen-bond donors (Lipinski definition) is 2. The first-order valence-electron chi connectivity index (χ1n) is 10.5. The summed E-state index contributed by atoms with van der Waals surface area (Å²) in [6.45, 7) is 5.24. The molecule has 1 heterocycles. The zero-order valence-corrected chi connectivity index (χ0v) is 18.0. The Morgan fingerprint density at radius 1 is 1.03 bits per heavy atom. The van der Waals surface area contributed by atoms with Crippen LogP contribution in [0.25, 0.3) is 17.3 Å². The highest BCUT2D eigenvalue weighted by atomic mass is 16.2. The second-order valence-corrected chi connectivity index (χ2v) is 7.38. The van der Waals surface area contributed by atoms with Gasteiger partial charge in [0.15, 0.2) is 0 Å². The molecular formula is C25H28N4O2. The molecule has 2 amide bonds. The predicted molar refractivity (Wildman–Crippen MR) is 123 cm³/mol. The molecule has 6 nitrogen and oxygen atoms in total. The van der Waals surface area contributed by atoms with Gasteiger partial charge in [0.05, 0.1) is 18.8 Å². The number of benzene rings is 2. The maximum Gasteiger partial charge on any atom is 0.244 e. The molecule has 0 aliphatic rings. The third-order valence-electron chi connectivity index (χ3n) is 4.71. The van der Waals surface area contributed by atoms with Gasteiger partial charge in [-0.3, -0.25) is 14.3 Å². The molecule has 0 spiro atoms. The van der Waals surface area contributed by atoms with Crippen LogP contribution in [0.1, 0.15) is 30.0 Å². The minimum absolute atomic E-state index is 0.0403. The first-order chi connectivity index (χ1) is 15.0. The third kappa shape index (κ3) is 6.67. The summed E-state index contributed by atoms with van der Waals surface area (Å²) in [7, 11) is 0.